The fourth-order valence-electron chi connectivity index (χ4n) is 1.66. The molecule has 0 heterocycles. The van der Waals surface area contributed by atoms with Crippen molar-refractivity contribution in [1.29, 1.82) is 0 Å². The summed E-state index contributed by atoms with van der Waals surface area (Å²) >= 11 is 0. The minimum absolute atomic E-state index is 0.0528. The van der Waals surface area contributed by atoms with Crippen molar-refractivity contribution in [2.75, 3.05) is 0 Å². The molecule has 0 amide bonds. The van der Waals surface area contributed by atoms with Crippen molar-refractivity contribution < 1.29 is 9.59 Å². The van der Waals surface area contributed by atoms with Gasteiger partial charge in [-0.05, 0) is 44.8 Å². The third-order valence-electron chi connectivity index (χ3n) is 2.67. The Kier molecular flexibility index (Phi) is 7.18. The second kappa shape index (κ2) is 9.03. The Morgan fingerprint density at radius 2 is 1.53 bits per heavy atom. The summed E-state index contributed by atoms with van der Waals surface area (Å²) in [5.41, 5.74) is 0.725. The number of rotatable bonds is 8. The average molecular weight is 256 g/mol. The van der Waals surface area contributed by atoms with Crippen LogP contribution in [-0.2, 0) is 4.79 Å². The number of hydrogen-bond acceptors (Lipinski definition) is 2. The summed E-state index contributed by atoms with van der Waals surface area (Å²) < 4.78 is 0. The largest absolute Gasteiger partial charge is 0.295 e. The van der Waals surface area contributed by atoms with E-state index in [1.165, 1.54) is 0 Å². The lowest BCUT2D eigenvalue weighted by Crippen LogP contribution is -1.92. The first kappa shape index (κ1) is 15.1. The summed E-state index contributed by atoms with van der Waals surface area (Å²) in [6.45, 7) is 1.55. The number of allylic oxidation sites excluding steroid dienone is 4. The van der Waals surface area contributed by atoms with Crippen LogP contribution >= 0.6 is 0 Å². The molecule has 0 aliphatic heterocycles. The molecule has 2 heteroatoms. The third-order valence-corrected chi connectivity index (χ3v) is 2.67. The van der Waals surface area contributed by atoms with Gasteiger partial charge in [0.1, 0.15) is 0 Å². The summed E-state index contributed by atoms with van der Waals surface area (Å²) in [6, 6.07) is 9.26. The predicted molar refractivity (Wildman–Crippen MR) is 78.2 cm³/mol. The normalized spacial score (nSPS) is 11.2. The minimum Gasteiger partial charge on any atom is -0.295 e. The van der Waals surface area contributed by atoms with Gasteiger partial charge in [-0.1, -0.05) is 42.5 Å². The maximum Gasteiger partial charge on any atom is 0.185 e. The minimum atomic E-state index is 0.0528. The molecule has 0 saturated carbocycles. The second-order valence-electron chi connectivity index (χ2n) is 4.43. The van der Waals surface area contributed by atoms with E-state index in [-0.39, 0.29) is 11.6 Å². The molecular weight excluding hydrogens is 236 g/mol. The molecule has 1 aromatic carbocycles. The summed E-state index contributed by atoms with van der Waals surface area (Å²) in [5.74, 6) is 0.144. The molecule has 0 bridgehead atoms. The molecule has 0 unspecified atom stereocenters. The number of hydrogen-bond donors (Lipinski definition) is 0. The first-order valence-corrected chi connectivity index (χ1v) is 6.63. The molecule has 1 aromatic rings. The number of carbonyl (C=O) groups excluding carboxylic acids is 2. The van der Waals surface area contributed by atoms with E-state index in [1.54, 1.807) is 19.1 Å². The van der Waals surface area contributed by atoms with Crippen molar-refractivity contribution in [2.45, 2.75) is 32.6 Å². The SMILES string of the molecule is CC(=O)/C=C/CCCC/C=C/C(=O)c1ccccc1. The van der Waals surface area contributed by atoms with Crippen LogP contribution in [0, 0.1) is 0 Å². The molecule has 0 aromatic heterocycles. The molecule has 100 valence electrons. The maximum atomic E-state index is 11.7. The van der Waals surface area contributed by atoms with Gasteiger partial charge in [-0.3, -0.25) is 9.59 Å². The molecular formula is C17H20O2. The second-order valence-corrected chi connectivity index (χ2v) is 4.43. The highest BCUT2D eigenvalue weighted by Gasteiger charge is 1.98. The van der Waals surface area contributed by atoms with Crippen LogP contribution in [0.2, 0.25) is 0 Å². The van der Waals surface area contributed by atoms with Crippen LogP contribution in [0.15, 0.2) is 54.6 Å². The standard InChI is InChI=1S/C17H20O2/c1-15(18)11-7-4-2-3-5-10-14-17(19)16-12-8-6-9-13-16/h6-14H,2-5H2,1H3/b11-7+,14-10+. The third kappa shape index (κ3) is 7.14. The van der Waals surface area contributed by atoms with E-state index in [0.717, 1.165) is 31.2 Å². The molecule has 0 N–H and O–H groups in total. The van der Waals surface area contributed by atoms with E-state index < -0.39 is 0 Å². The number of carbonyl (C=O) groups is 2. The molecule has 0 spiro atoms. The first-order valence-electron chi connectivity index (χ1n) is 6.63. The quantitative estimate of drug-likeness (QED) is 0.398. The first-order chi connectivity index (χ1) is 9.20. The van der Waals surface area contributed by atoms with Gasteiger partial charge in [0.15, 0.2) is 11.6 Å². The predicted octanol–water partition coefficient (Wildman–Crippen LogP) is 4.13. The van der Waals surface area contributed by atoms with Gasteiger partial charge in [0.25, 0.3) is 0 Å². The van der Waals surface area contributed by atoms with Gasteiger partial charge in [-0.15, -0.1) is 0 Å². The zero-order valence-electron chi connectivity index (χ0n) is 11.3. The van der Waals surface area contributed by atoms with Crippen molar-refractivity contribution in [3.63, 3.8) is 0 Å². The number of ketones is 2. The Bertz CT molecular complexity index is 455. The van der Waals surface area contributed by atoms with Crippen LogP contribution in [0.25, 0.3) is 0 Å². The van der Waals surface area contributed by atoms with Crippen LogP contribution in [0.4, 0.5) is 0 Å². The highest BCUT2D eigenvalue weighted by atomic mass is 16.1. The Morgan fingerprint density at radius 1 is 0.947 bits per heavy atom. The summed E-state index contributed by atoms with van der Waals surface area (Å²) in [4.78, 5) is 22.4. The monoisotopic (exact) mass is 256 g/mol. The molecule has 0 atom stereocenters. The van der Waals surface area contributed by atoms with Crippen LogP contribution in [0.1, 0.15) is 43.0 Å². The van der Waals surface area contributed by atoms with Crippen molar-refractivity contribution in [3.8, 4) is 0 Å². The van der Waals surface area contributed by atoms with Gasteiger partial charge in [-0.2, -0.15) is 0 Å². The van der Waals surface area contributed by atoms with Gasteiger partial charge >= 0.3 is 0 Å². The van der Waals surface area contributed by atoms with Crippen molar-refractivity contribution in [3.05, 3.63) is 60.2 Å². The number of unbranched alkanes of at least 4 members (excludes halogenated alkanes) is 3. The van der Waals surface area contributed by atoms with Crippen LogP contribution in [-0.4, -0.2) is 11.6 Å². The Hall–Kier alpha value is -1.96. The fourth-order valence-corrected chi connectivity index (χ4v) is 1.66. The zero-order valence-corrected chi connectivity index (χ0v) is 11.3. The molecule has 1 rings (SSSR count). The van der Waals surface area contributed by atoms with E-state index in [9.17, 15) is 9.59 Å². The van der Waals surface area contributed by atoms with E-state index in [1.807, 2.05) is 42.5 Å². The smallest absolute Gasteiger partial charge is 0.185 e. The van der Waals surface area contributed by atoms with E-state index in [4.69, 9.17) is 0 Å². The molecule has 0 radical (unpaired) electrons. The molecule has 0 fully saturated rings. The fraction of sp³-hybridized carbons (Fsp3) is 0.294. The van der Waals surface area contributed by atoms with Gasteiger partial charge in [0, 0.05) is 5.56 Å². The maximum absolute atomic E-state index is 11.7. The van der Waals surface area contributed by atoms with E-state index in [0.29, 0.717) is 0 Å². The Morgan fingerprint density at radius 3 is 2.11 bits per heavy atom. The Balaban J connectivity index is 2.17. The lowest BCUT2D eigenvalue weighted by atomic mass is 10.1. The molecule has 2 nitrogen and oxygen atoms in total. The van der Waals surface area contributed by atoms with E-state index >= 15 is 0 Å². The highest BCUT2D eigenvalue weighted by molar-refractivity contribution is 6.04. The molecule has 0 saturated heterocycles. The number of benzene rings is 1. The lowest BCUT2D eigenvalue weighted by molar-refractivity contribution is -0.112. The van der Waals surface area contributed by atoms with Gasteiger partial charge in [0.2, 0.25) is 0 Å². The highest BCUT2D eigenvalue weighted by Crippen LogP contribution is 2.04. The van der Waals surface area contributed by atoms with Gasteiger partial charge in [-0.25, -0.2) is 0 Å². The van der Waals surface area contributed by atoms with Crippen LogP contribution < -0.4 is 0 Å². The van der Waals surface area contributed by atoms with Crippen molar-refractivity contribution in [1.82, 2.24) is 0 Å². The van der Waals surface area contributed by atoms with Gasteiger partial charge < -0.3 is 0 Å². The topological polar surface area (TPSA) is 34.1 Å². The van der Waals surface area contributed by atoms with Crippen LogP contribution in [0.5, 0.6) is 0 Å². The van der Waals surface area contributed by atoms with E-state index in [2.05, 4.69) is 0 Å². The lowest BCUT2D eigenvalue weighted by Gasteiger charge is -1.95. The summed E-state index contributed by atoms with van der Waals surface area (Å²) in [7, 11) is 0. The van der Waals surface area contributed by atoms with Crippen molar-refractivity contribution in [2.24, 2.45) is 0 Å². The summed E-state index contributed by atoms with van der Waals surface area (Å²) in [6.07, 6.45) is 10.9. The molecule has 0 aliphatic carbocycles. The zero-order chi connectivity index (χ0) is 13.9. The summed E-state index contributed by atoms with van der Waals surface area (Å²) in [5, 5.41) is 0. The van der Waals surface area contributed by atoms with Gasteiger partial charge in [0.05, 0.1) is 0 Å². The Labute approximate surface area is 114 Å². The molecule has 19 heavy (non-hydrogen) atoms. The molecule has 0 aliphatic rings. The average Bonchev–Trinajstić information content (AvgIpc) is 2.42. The van der Waals surface area contributed by atoms with Crippen LogP contribution in [0.3, 0.4) is 0 Å². The van der Waals surface area contributed by atoms with Crippen molar-refractivity contribution >= 4 is 11.6 Å².